The Bertz CT molecular complexity index is 738. The van der Waals surface area contributed by atoms with E-state index in [0.29, 0.717) is 0 Å². The molecule has 3 nitrogen and oxygen atoms in total. The van der Waals surface area contributed by atoms with Gasteiger partial charge in [0, 0.05) is 5.56 Å². The van der Waals surface area contributed by atoms with E-state index in [1.54, 1.807) is 18.2 Å². The molecule has 0 aliphatic heterocycles. The fraction of sp³-hybridized carbons (Fsp3) is 0.0588. The summed E-state index contributed by atoms with van der Waals surface area (Å²) in [5.74, 6) is -1.47. The van der Waals surface area contributed by atoms with Crippen LogP contribution >= 0.6 is 0 Å². The Morgan fingerprint density at radius 3 is 2.22 bits per heavy atom. The first-order chi connectivity index (χ1) is 10.9. The Morgan fingerprint density at radius 1 is 1.04 bits per heavy atom. The lowest BCUT2D eigenvalue weighted by atomic mass is 10.1. The minimum atomic E-state index is -4.89. The predicted octanol–water partition coefficient (Wildman–Crippen LogP) is 4.34. The van der Waals surface area contributed by atoms with Crippen molar-refractivity contribution in [3.8, 4) is 11.5 Å². The molecule has 0 heterocycles. The summed E-state index contributed by atoms with van der Waals surface area (Å²) in [6, 6.07) is 11.0. The first kappa shape index (κ1) is 16.4. The molecule has 0 aliphatic rings. The van der Waals surface area contributed by atoms with E-state index in [1.165, 1.54) is 30.5 Å². The minimum Gasteiger partial charge on any atom is -0.508 e. The van der Waals surface area contributed by atoms with Crippen LogP contribution in [0.4, 0.5) is 13.2 Å². The lowest BCUT2D eigenvalue weighted by Crippen LogP contribution is -2.22. The molecule has 23 heavy (non-hydrogen) atoms. The van der Waals surface area contributed by atoms with Gasteiger partial charge in [-0.1, -0.05) is 17.9 Å². The van der Waals surface area contributed by atoms with E-state index < -0.39 is 17.5 Å². The third kappa shape index (κ3) is 4.76. The standard InChI is InChI=1S/C17H11F3O3/c18-17(19,20)16(22)13-5-9-15(10-6-13)23-11-1-2-12-3-7-14(21)8-4-12/h2-11,21H. The predicted molar refractivity (Wildman–Crippen MR) is 78.1 cm³/mol. The van der Waals surface area contributed by atoms with Crippen LogP contribution in [0.3, 0.4) is 0 Å². The average molecular weight is 320 g/mol. The van der Waals surface area contributed by atoms with Crippen molar-refractivity contribution in [2.45, 2.75) is 6.18 Å². The van der Waals surface area contributed by atoms with Crippen molar-refractivity contribution in [1.82, 2.24) is 0 Å². The number of ether oxygens (including phenoxy) is 1. The van der Waals surface area contributed by atoms with E-state index in [4.69, 9.17) is 9.84 Å². The number of hydrogen-bond acceptors (Lipinski definition) is 3. The van der Waals surface area contributed by atoms with E-state index in [0.717, 1.165) is 17.7 Å². The van der Waals surface area contributed by atoms with Gasteiger partial charge in [-0.05, 0) is 48.0 Å². The Labute approximate surface area is 129 Å². The second-order valence-electron chi connectivity index (χ2n) is 4.49. The van der Waals surface area contributed by atoms with Crippen LogP contribution in [0.5, 0.6) is 11.5 Å². The van der Waals surface area contributed by atoms with Crippen LogP contribution in [0.15, 0.2) is 60.5 Å². The van der Waals surface area contributed by atoms with Crippen molar-refractivity contribution in [1.29, 1.82) is 0 Å². The molecule has 2 rings (SSSR count). The molecule has 0 radical (unpaired) electrons. The number of phenolic OH excluding ortho intramolecular Hbond substituents is 1. The molecule has 2 aromatic carbocycles. The molecule has 0 amide bonds. The average Bonchev–Trinajstić information content (AvgIpc) is 2.52. The van der Waals surface area contributed by atoms with Gasteiger partial charge in [-0.25, -0.2) is 0 Å². The van der Waals surface area contributed by atoms with E-state index in [2.05, 4.69) is 5.73 Å². The van der Waals surface area contributed by atoms with E-state index in [-0.39, 0.29) is 11.5 Å². The second-order valence-corrected chi connectivity index (χ2v) is 4.49. The quantitative estimate of drug-likeness (QED) is 0.518. The van der Waals surface area contributed by atoms with Crippen molar-refractivity contribution in [2.24, 2.45) is 0 Å². The Kier molecular flexibility index (Phi) is 4.88. The SMILES string of the molecule is O=C(c1ccc(OC=C=Cc2ccc(O)cc2)cc1)C(F)(F)F. The summed E-state index contributed by atoms with van der Waals surface area (Å²) < 4.78 is 41.9. The summed E-state index contributed by atoms with van der Waals surface area (Å²) in [6.07, 6.45) is -2.07. The van der Waals surface area contributed by atoms with Crippen LogP contribution in [-0.2, 0) is 0 Å². The number of alkyl halides is 3. The summed E-state index contributed by atoms with van der Waals surface area (Å²) in [6.45, 7) is 0. The number of halogens is 3. The number of carbonyl (C=O) groups is 1. The fourth-order valence-corrected chi connectivity index (χ4v) is 1.65. The lowest BCUT2D eigenvalue weighted by molar-refractivity contribution is -0.0885. The molecular weight excluding hydrogens is 309 g/mol. The third-order valence-electron chi connectivity index (χ3n) is 2.78. The zero-order chi connectivity index (χ0) is 16.9. The number of ketones is 1. The van der Waals surface area contributed by atoms with E-state index >= 15 is 0 Å². The summed E-state index contributed by atoms with van der Waals surface area (Å²) in [5, 5.41) is 9.13. The molecule has 118 valence electrons. The highest BCUT2D eigenvalue weighted by molar-refractivity contribution is 6.00. The maximum absolute atomic E-state index is 12.3. The number of carbonyl (C=O) groups excluding carboxylic acids is 1. The molecule has 0 saturated heterocycles. The topological polar surface area (TPSA) is 46.5 Å². The number of Topliss-reactive ketones (excluding diaryl/α,β-unsaturated/α-hetero) is 1. The van der Waals surface area contributed by atoms with Crippen LogP contribution in [0.2, 0.25) is 0 Å². The lowest BCUT2D eigenvalue weighted by Gasteiger charge is -2.05. The number of benzene rings is 2. The van der Waals surface area contributed by atoms with Crippen molar-refractivity contribution >= 4 is 11.9 Å². The maximum Gasteiger partial charge on any atom is 0.454 e. The molecule has 6 heteroatoms. The molecule has 0 unspecified atom stereocenters. The Morgan fingerprint density at radius 2 is 1.65 bits per heavy atom. The Balaban J connectivity index is 2.00. The zero-order valence-electron chi connectivity index (χ0n) is 11.7. The summed E-state index contributed by atoms with van der Waals surface area (Å²) in [5.41, 5.74) is 3.07. The zero-order valence-corrected chi connectivity index (χ0v) is 11.7. The van der Waals surface area contributed by atoms with Crippen LogP contribution in [0.25, 0.3) is 6.08 Å². The third-order valence-corrected chi connectivity index (χ3v) is 2.78. The van der Waals surface area contributed by atoms with Gasteiger partial charge in [0.25, 0.3) is 5.78 Å². The highest BCUT2D eigenvalue weighted by Gasteiger charge is 2.39. The van der Waals surface area contributed by atoms with Crippen molar-refractivity contribution in [3.05, 3.63) is 71.7 Å². The number of rotatable bonds is 4. The second kappa shape index (κ2) is 6.85. The van der Waals surface area contributed by atoms with Gasteiger partial charge in [0.15, 0.2) is 0 Å². The van der Waals surface area contributed by atoms with Gasteiger partial charge in [0.05, 0.1) is 0 Å². The van der Waals surface area contributed by atoms with Gasteiger partial charge < -0.3 is 9.84 Å². The van der Waals surface area contributed by atoms with E-state index in [1.807, 2.05) is 0 Å². The molecule has 0 bridgehead atoms. The molecular formula is C17H11F3O3. The molecule has 2 aromatic rings. The smallest absolute Gasteiger partial charge is 0.454 e. The first-order valence-corrected chi connectivity index (χ1v) is 6.44. The molecule has 1 N–H and O–H groups in total. The van der Waals surface area contributed by atoms with Gasteiger partial charge in [-0.15, -0.1) is 0 Å². The molecule has 0 fully saturated rings. The Hall–Kier alpha value is -2.98. The number of hydrogen-bond donors (Lipinski definition) is 1. The number of phenols is 1. The molecule has 0 aromatic heterocycles. The molecule has 0 saturated carbocycles. The highest BCUT2D eigenvalue weighted by Crippen LogP contribution is 2.23. The largest absolute Gasteiger partial charge is 0.508 e. The minimum absolute atomic E-state index is 0.149. The normalized spacial score (nSPS) is 10.6. The van der Waals surface area contributed by atoms with Gasteiger partial charge in [0.2, 0.25) is 0 Å². The first-order valence-electron chi connectivity index (χ1n) is 6.44. The summed E-state index contributed by atoms with van der Waals surface area (Å²) >= 11 is 0. The molecule has 0 spiro atoms. The monoisotopic (exact) mass is 320 g/mol. The number of aromatic hydroxyl groups is 1. The highest BCUT2D eigenvalue weighted by atomic mass is 19.4. The summed E-state index contributed by atoms with van der Waals surface area (Å²) in [7, 11) is 0. The molecule has 0 atom stereocenters. The van der Waals surface area contributed by atoms with Gasteiger partial charge in [-0.2, -0.15) is 13.2 Å². The van der Waals surface area contributed by atoms with Crippen LogP contribution in [0, 0.1) is 0 Å². The van der Waals surface area contributed by atoms with Crippen LogP contribution in [-0.4, -0.2) is 17.1 Å². The van der Waals surface area contributed by atoms with Gasteiger partial charge >= 0.3 is 6.18 Å². The van der Waals surface area contributed by atoms with Crippen LogP contribution < -0.4 is 4.74 Å². The van der Waals surface area contributed by atoms with Crippen molar-refractivity contribution in [2.75, 3.05) is 0 Å². The summed E-state index contributed by atoms with van der Waals surface area (Å²) in [4.78, 5) is 11.0. The van der Waals surface area contributed by atoms with E-state index in [9.17, 15) is 18.0 Å². The van der Waals surface area contributed by atoms with Crippen molar-refractivity contribution < 1.29 is 27.8 Å². The van der Waals surface area contributed by atoms with Gasteiger partial charge in [0.1, 0.15) is 17.8 Å². The maximum atomic E-state index is 12.3. The molecule has 0 aliphatic carbocycles. The van der Waals surface area contributed by atoms with Crippen molar-refractivity contribution in [3.63, 3.8) is 0 Å². The van der Waals surface area contributed by atoms with Crippen LogP contribution in [0.1, 0.15) is 15.9 Å². The fourth-order valence-electron chi connectivity index (χ4n) is 1.65. The van der Waals surface area contributed by atoms with Gasteiger partial charge in [-0.3, -0.25) is 4.79 Å².